The van der Waals surface area contributed by atoms with E-state index < -0.39 is 23.4 Å². The number of hydrogen-bond donors (Lipinski definition) is 3. The van der Waals surface area contributed by atoms with Crippen LogP contribution in [0.5, 0.6) is 0 Å². The molecule has 0 aromatic heterocycles. The number of imide groups is 1. The molecule has 0 aliphatic carbocycles. The first-order chi connectivity index (χ1) is 9.46. The zero-order valence-corrected chi connectivity index (χ0v) is 12.1. The third-order valence-corrected chi connectivity index (χ3v) is 3.77. The van der Waals surface area contributed by atoms with E-state index >= 15 is 0 Å². The first kappa shape index (κ1) is 16.4. The van der Waals surface area contributed by atoms with Crippen molar-refractivity contribution in [1.29, 1.82) is 0 Å². The summed E-state index contributed by atoms with van der Waals surface area (Å²) in [6.07, 6.45) is 2.93. The monoisotopic (exact) mass is 285 g/mol. The number of carbonyl (C=O) groups is 3. The van der Waals surface area contributed by atoms with E-state index in [1.165, 1.54) is 7.05 Å². The molecule has 7 heteroatoms. The quantitative estimate of drug-likeness (QED) is 0.662. The summed E-state index contributed by atoms with van der Waals surface area (Å²) >= 11 is 0. The molecule has 1 unspecified atom stereocenters. The second-order valence-corrected chi connectivity index (χ2v) is 5.05. The predicted octanol–water partition coefficient (Wildman–Crippen LogP) is 0.551. The molecule has 1 heterocycles. The summed E-state index contributed by atoms with van der Waals surface area (Å²) < 4.78 is 0. The molecule has 20 heavy (non-hydrogen) atoms. The largest absolute Gasteiger partial charge is 0.480 e. The summed E-state index contributed by atoms with van der Waals surface area (Å²) in [5.41, 5.74) is -0.845. The average Bonchev–Trinajstić information content (AvgIpc) is 2.81. The van der Waals surface area contributed by atoms with Crippen molar-refractivity contribution < 1.29 is 19.5 Å². The van der Waals surface area contributed by atoms with Crippen LogP contribution in [0.3, 0.4) is 0 Å². The first-order valence-electron chi connectivity index (χ1n) is 6.96. The lowest BCUT2D eigenvalue weighted by atomic mass is 9.90. The highest BCUT2D eigenvalue weighted by molar-refractivity contribution is 5.94. The summed E-state index contributed by atoms with van der Waals surface area (Å²) in [6, 6.07) is -0.547. The Morgan fingerprint density at radius 1 is 1.35 bits per heavy atom. The highest BCUT2D eigenvalue weighted by Crippen LogP contribution is 2.33. The van der Waals surface area contributed by atoms with Crippen molar-refractivity contribution in [2.75, 3.05) is 20.1 Å². The average molecular weight is 285 g/mol. The van der Waals surface area contributed by atoms with E-state index in [0.717, 1.165) is 12.8 Å². The second-order valence-electron chi connectivity index (χ2n) is 5.05. The van der Waals surface area contributed by atoms with Crippen molar-refractivity contribution in [3.63, 3.8) is 0 Å². The highest BCUT2D eigenvalue weighted by atomic mass is 16.4. The van der Waals surface area contributed by atoms with Crippen LogP contribution < -0.4 is 10.6 Å². The van der Waals surface area contributed by atoms with Crippen LogP contribution in [0, 0.1) is 0 Å². The van der Waals surface area contributed by atoms with Crippen molar-refractivity contribution in [3.05, 3.63) is 0 Å². The van der Waals surface area contributed by atoms with Crippen LogP contribution in [0.15, 0.2) is 0 Å². The van der Waals surface area contributed by atoms with Crippen LogP contribution >= 0.6 is 0 Å². The summed E-state index contributed by atoms with van der Waals surface area (Å²) in [6.45, 7) is 2.99. The van der Waals surface area contributed by atoms with Crippen LogP contribution in [0.25, 0.3) is 0 Å². The van der Waals surface area contributed by atoms with Gasteiger partial charge in [0.05, 0.1) is 0 Å². The van der Waals surface area contributed by atoms with Crippen molar-refractivity contribution in [2.24, 2.45) is 0 Å². The molecule has 0 bridgehead atoms. The van der Waals surface area contributed by atoms with Gasteiger partial charge in [0.15, 0.2) is 0 Å². The lowest BCUT2D eigenvalue weighted by Crippen LogP contribution is -2.51. The maximum atomic E-state index is 11.6. The van der Waals surface area contributed by atoms with E-state index in [0.29, 0.717) is 25.9 Å². The van der Waals surface area contributed by atoms with E-state index in [1.54, 1.807) is 0 Å². The van der Waals surface area contributed by atoms with Gasteiger partial charge in [-0.2, -0.15) is 0 Å². The number of aliphatic carboxylic acids is 1. The van der Waals surface area contributed by atoms with Gasteiger partial charge in [-0.3, -0.25) is 19.8 Å². The molecule has 0 radical (unpaired) electrons. The molecule has 1 atom stereocenters. The highest BCUT2D eigenvalue weighted by Gasteiger charge is 2.46. The van der Waals surface area contributed by atoms with Gasteiger partial charge in [0.1, 0.15) is 5.54 Å². The van der Waals surface area contributed by atoms with Crippen LogP contribution in [0.2, 0.25) is 0 Å². The number of urea groups is 1. The van der Waals surface area contributed by atoms with Gasteiger partial charge in [-0.25, -0.2) is 4.79 Å². The Balaban J connectivity index is 2.59. The first-order valence-corrected chi connectivity index (χ1v) is 6.96. The topological polar surface area (TPSA) is 98.7 Å². The molecule has 1 aliphatic heterocycles. The van der Waals surface area contributed by atoms with E-state index in [-0.39, 0.29) is 6.42 Å². The number of carboxylic acid groups (broad SMARTS) is 1. The molecule has 3 amide bonds. The Kier molecular flexibility index (Phi) is 5.94. The Labute approximate surface area is 118 Å². The molecular weight excluding hydrogens is 262 g/mol. The lowest BCUT2D eigenvalue weighted by Gasteiger charge is -2.34. The lowest BCUT2D eigenvalue weighted by molar-refractivity contribution is -0.150. The molecule has 0 aromatic rings. The molecular formula is C13H23N3O4. The molecule has 7 nitrogen and oxygen atoms in total. The molecule has 1 aliphatic rings. The van der Waals surface area contributed by atoms with E-state index in [2.05, 4.69) is 10.6 Å². The number of rotatable bonds is 6. The van der Waals surface area contributed by atoms with Crippen LogP contribution in [-0.2, 0) is 9.59 Å². The summed E-state index contributed by atoms with van der Waals surface area (Å²) in [5.74, 6) is -1.21. The maximum absolute atomic E-state index is 11.6. The second kappa shape index (κ2) is 7.23. The number of carbonyl (C=O) groups excluding carboxylic acids is 2. The minimum Gasteiger partial charge on any atom is -0.480 e. The third-order valence-electron chi connectivity index (χ3n) is 3.77. The maximum Gasteiger partial charge on any atom is 0.324 e. The van der Waals surface area contributed by atoms with E-state index in [9.17, 15) is 19.5 Å². The minimum absolute atomic E-state index is 0.117. The summed E-state index contributed by atoms with van der Waals surface area (Å²) in [7, 11) is 1.43. The molecule has 1 saturated heterocycles. The fourth-order valence-corrected chi connectivity index (χ4v) is 2.79. The van der Waals surface area contributed by atoms with Gasteiger partial charge in [0.2, 0.25) is 5.91 Å². The van der Waals surface area contributed by atoms with Gasteiger partial charge in [-0.05, 0) is 25.8 Å². The van der Waals surface area contributed by atoms with E-state index in [1.807, 2.05) is 11.8 Å². The Hall–Kier alpha value is -1.63. The van der Waals surface area contributed by atoms with Gasteiger partial charge < -0.3 is 10.4 Å². The van der Waals surface area contributed by atoms with E-state index in [4.69, 9.17) is 0 Å². The number of amides is 3. The van der Waals surface area contributed by atoms with Gasteiger partial charge in [0.25, 0.3) is 0 Å². The fraction of sp³-hybridized carbons (Fsp3) is 0.769. The van der Waals surface area contributed by atoms with Crippen molar-refractivity contribution in [3.8, 4) is 0 Å². The van der Waals surface area contributed by atoms with Crippen molar-refractivity contribution in [2.45, 2.75) is 44.6 Å². The summed E-state index contributed by atoms with van der Waals surface area (Å²) in [5, 5.41) is 14.0. The zero-order valence-electron chi connectivity index (χ0n) is 12.1. The van der Waals surface area contributed by atoms with Gasteiger partial charge in [-0.1, -0.05) is 13.3 Å². The number of likely N-dealkylation sites (tertiary alicyclic amines) is 1. The normalized spacial score (nSPS) is 22.5. The molecule has 0 aromatic carbocycles. The molecule has 3 N–H and O–H groups in total. The Bertz CT molecular complexity index is 386. The zero-order chi connectivity index (χ0) is 15.2. The smallest absolute Gasteiger partial charge is 0.324 e. The van der Waals surface area contributed by atoms with Gasteiger partial charge in [-0.15, -0.1) is 0 Å². The number of nitrogens with zero attached hydrogens (tertiary/aromatic N) is 1. The van der Waals surface area contributed by atoms with Crippen LogP contribution in [-0.4, -0.2) is 53.6 Å². The van der Waals surface area contributed by atoms with Crippen LogP contribution in [0.4, 0.5) is 4.79 Å². The Morgan fingerprint density at radius 2 is 2.05 bits per heavy atom. The van der Waals surface area contributed by atoms with Gasteiger partial charge >= 0.3 is 12.0 Å². The summed E-state index contributed by atoms with van der Waals surface area (Å²) in [4.78, 5) is 36.0. The molecule has 114 valence electrons. The molecule has 0 saturated carbocycles. The molecule has 1 rings (SSSR count). The Morgan fingerprint density at radius 3 is 2.60 bits per heavy atom. The van der Waals surface area contributed by atoms with Crippen molar-refractivity contribution >= 4 is 17.9 Å². The van der Waals surface area contributed by atoms with Gasteiger partial charge in [0, 0.05) is 20.0 Å². The number of nitrogens with one attached hydrogen (secondary N) is 2. The third kappa shape index (κ3) is 3.69. The number of carboxylic acids is 1. The predicted molar refractivity (Wildman–Crippen MR) is 73.3 cm³/mol. The standard InChI is InChI=1S/C13H23N3O4/c1-3-6-13(11(18)19)7-4-8-16(13)9-5-10(17)15-12(20)14-2/h3-9H2,1-2H3,(H,18,19)(H2,14,15,17,20). The number of hydrogen-bond acceptors (Lipinski definition) is 4. The minimum atomic E-state index is -0.845. The van der Waals surface area contributed by atoms with Crippen LogP contribution in [0.1, 0.15) is 39.0 Å². The fourth-order valence-electron chi connectivity index (χ4n) is 2.79. The molecule has 0 spiro atoms. The SMILES string of the molecule is CCCC1(C(=O)O)CCCN1CCC(=O)NC(=O)NC. The van der Waals surface area contributed by atoms with Crippen molar-refractivity contribution in [1.82, 2.24) is 15.5 Å². The molecule has 1 fully saturated rings.